The summed E-state index contributed by atoms with van der Waals surface area (Å²) in [5.41, 5.74) is 5.68. The van der Waals surface area contributed by atoms with Crippen molar-refractivity contribution in [3.63, 3.8) is 0 Å². The Hall–Kier alpha value is -3.51. The number of amides is 2. The van der Waals surface area contributed by atoms with Gasteiger partial charge in [0.25, 0.3) is 0 Å². The monoisotopic (exact) mass is 406 g/mol. The van der Waals surface area contributed by atoms with Crippen LogP contribution in [0, 0.1) is 0 Å². The van der Waals surface area contributed by atoms with E-state index in [1.165, 1.54) is 13.8 Å². The van der Waals surface area contributed by atoms with Crippen molar-refractivity contribution < 1.29 is 26.6 Å². The van der Waals surface area contributed by atoms with Crippen LogP contribution in [0.3, 0.4) is 0 Å². The summed E-state index contributed by atoms with van der Waals surface area (Å²) in [6, 6.07) is 21.3. The van der Waals surface area contributed by atoms with Crippen LogP contribution < -0.4 is 27.6 Å². The van der Waals surface area contributed by atoms with Crippen LogP contribution in [-0.2, 0) is 9.59 Å². The first kappa shape index (κ1) is 20.2. The number of carbonyl (C=O) groups excluding carboxylic acids is 2. The first-order valence-electron chi connectivity index (χ1n) is 8.91. The highest BCUT2D eigenvalue weighted by Gasteiger charge is 2.20. The maximum Gasteiger partial charge on any atom is 0.237 e. The van der Waals surface area contributed by atoms with Gasteiger partial charge in [0, 0.05) is 49.5 Å². The van der Waals surface area contributed by atoms with Crippen molar-refractivity contribution in [2.24, 2.45) is 0 Å². The number of benzene rings is 3. The molecule has 0 aliphatic rings. The fraction of sp³-hybridized carbons (Fsp3) is 0.0909. The molecule has 146 valence electrons. The van der Waals surface area contributed by atoms with Gasteiger partial charge < -0.3 is 23.0 Å². The molecule has 0 unspecified atom stereocenters. The molecule has 7 heteroatoms. The van der Waals surface area contributed by atoms with Gasteiger partial charge in [0.2, 0.25) is 28.5 Å². The zero-order valence-corrected chi connectivity index (χ0v) is 16.7. The number of nitrogens with one attached hydrogen (secondary N) is 2. The molecule has 0 bridgehead atoms. The van der Waals surface area contributed by atoms with Crippen molar-refractivity contribution in [2.45, 2.75) is 13.8 Å². The number of anilines is 2. The van der Waals surface area contributed by atoms with Crippen molar-refractivity contribution in [2.75, 3.05) is 10.6 Å². The summed E-state index contributed by atoms with van der Waals surface area (Å²) < 4.78 is 2.12. The van der Waals surface area contributed by atoms with Crippen molar-refractivity contribution in [3.05, 3.63) is 66.7 Å². The molecule has 0 aliphatic carbocycles. The Morgan fingerprint density at radius 2 is 1.24 bits per heavy atom. The number of fused-ring (bicyclic) bond motifs is 2. The van der Waals surface area contributed by atoms with Crippen LogP contribution in [0.15, 0.2) is 66.7 Å². The van der Waals surface area contributed by atoms with Gasteiger partial charge in [-0.1, -0.05) is 18.2 Å². The van der Waals surface area contributed by atoms with Crippen molar-refractivity contribution in [1.82, 2.24) is 4.98 Å². The van der Waals surface area contributed by atoms with E-state index in [-0.39, 0.29) is 24.2 Å². The number of rotatable bonds is 3. The van der Waals surface area contributed by atoms with E-state index in [0.717, 1.165) is 27.8 Å². The molecule has 1 aromatic heterocycles. The minimum absolute atomic E-state index is 0. The van der Waals surface area contributed by atoms with Crippen LogP contribution in [-0.4, -0.2) is 16.8 Å². The van der Waals surface area contributed by atoms with Gasteiger partial charge in [0.05, 0.1) is 0 Å². The lowest BCUT2D eigenvalue weighted by molar-refractivity contribution is -0.538. The zero-order valence-electron chi connectivity index (χ0n) is 15.9. The molecule has 6 nitrogen and oxygen atoms in total. The summed E-state index contributed by atoms with van der Waals surface area (Å²) in [6.45, 7) is 2.95. The smallest absolute Gasteiger partial charge is 0.237 e. The molecular formula is C22H19ClN4O2. The Kier molecular flexibility index (Phi) is 5.75. The number of hydrogen-bond acceptors (Lipinski definition) is 3. The Balaban J connectivity index is 0.00000240. The van der Waals surface area contributed by atoms with Crippen LogP contribution >= 0.6 is 0 Å². The van der Waals surface area contributed by atoms with Crippen LogP contribution in [0.1, 0.15) is 13.8 Å². The Bertz CT molecular complexity index is 1150. The third-order valence-corrected chi connectivity index (χ3v) is 4.33. The van der Waals surface area contributed by atoms with Crippen molar-refractivity contribution in [3.8, 4) is 5.69 Å². The van der Waals surface area contributed by atoms with Crippen molar-refractivity contribution >= 4 is 45.3 Å². The summed E-state index contributed by atoms with van der Waals surface area (Å²) in [5, 5.41) is 5.59. The topological polar surface area (TPSA) is 75.0 Å². The van der Waals surface area contributed by atoms with E-state index in [1.54, 1.807) is 0 Å². The molecule has 3 aromatic carbocycles. The Morgan fingerprint density at radius 1 is 0.759 bits per heavy atom. The van der Waals surface area contributed by atoms with Crippen LogP contribution in [0.4, 0.5) is 11.4 Å². The van der Waals surface area contributed by atoms with Crippen LogP contribution in [0.2, 0.25) is 0 Å². The highest BCUT2D eigenvalue weighted by molar-refractivity contribution is 5.94. The summed E-state index contributed by atoms with van der Waals surface area (Å²) in [7, 11) is 0. The van der Waals surface area contributed by atoms with Crippen LogP contribution in [0.25, 0.3) is 27.8 Å². The SMILES string of the molecule is CC(=O)Nc1ccc2c(c1)nc1cc(NC(C)=O)ccc1[n+]2-c1ccccc1.[Cl-]. The average molecular weight is 407 g/mol. The summed E-state index contributed by atoms with van der Waals surface area (Å²) in [4.78, 5) is 27.6. The van der Waals surface area contributed by atoms with E-state index < -0.39 is 0 Å². The second kappa shape index (κ2) is 8.24. The lowest BCUT2D eigenvalue weighted by Gasteiger charge is -2.08. The molecule has 2 amide bonds. The first-order valence-corrected chi connectivity index (χ1v) is 8.91. The van der Waals surface area contributed by atoms with E-state index in [4.69, 9.17) is 4.98 Å². The van der Waals surface area contributed by atoms with Gasteiger partial charge in [-0.3, -0.25) is 9.59 Å². The molecule has 2 N–H and O–H groups in total. The predicted molar refractivity (Wildman–Crippen MR) is 109 cm³/mol. The molecule has 29 heavy (non-hydrogen) atoms. The van der Waals surface area contributed by atoms with Gasteiger partial charge in [0.1, 0.15) is 11.0 Å². The normalized spacial score (nSPS) is 10.4. The number of para-hydroxylation sites is 1. The molecule has 0 saturated heterocycles. The van der Waals surface area contributed by atoms with E-state index in [1.807, 2.05) is 66.7 Å². The first-order chi connectivity index (χ1) is 13.5. The average Bonchev–Trinajstić information content (AvgIpc) is 2.65. The second-order valence-electron chi connectivity index (χ2n) is 6.55. The fourth-order valence-electron chi connectivity index (χ4n) is 3.28. The van der Waals surface area contributed by atoms with Gasteiger partial charge >= 0.3 is 0 Å². The number of hydrogen-bond donors (Lipinski definition) is 2. The third kappa shape index (κ3) is 4.17. The molecule has 0 fully saturated rings. The third-order valence-electron chi connectivity index (χ3n) is 4.33. The largest absolute Gasteiger partial charge is 1.00 e. The summed E-state index contributed by atoms with van der Waals surface area (Å²) in [6.07, 6.45) is 0. The lowest BCUT2D eigenvalue weighted by atomic mass is 10.2. The van der Waals surface area contributed by atoms with E-state index in [9.17, 15) is 9.59 Å². The molecule has 0 saturated carbocycles. The molecule has 1 heterocycles. The number of nitrogens with zero attached hydrogens (tertiary/aromatic N) is 2. The molecule has 4 rings (SSSR count). The number of halogens is 1. The predicted octanol–water partition coefficient (Wildman–Crippen LogP) is 0.585. The number of carbonyl (C=O) groups is 2. The van der Waals surface area contributed by atoms with Gasteiger partial charge in [-0.15, -0.1) is 4.57 Å². The molecule has 0 aliphatic heterocycles. The molecule has 0 spiro atoms. The molecule has 4 aromatic rings. The maximum absolute atomic E-state index is 11.4. The highest BCUT2D eigenvalue weighted by Crippen LogP contribution is 2.23. The molecule has 0 atom stereocenters. The second-order valence-corrected chi connectivity index (χ2v) is 6.55. The Morgan fingerprint density at radius 3 is 1.69 bits per heavy atom. The quantitative estimate of drug-likeness (QED) is 0.386. The highest BCUT2D eigenvalue weighted by atomic mass is 35.5. The van der Waals surface area contributed by atoms with E-state index in [0.29, 0.717) is 11.4 Å². The van der Waals surface area contributed by atoms with E-state index in [2.05, 4.69) is 15.2 Å². The van der Waals surface area contributed by atoms with Gasteiger partial charge in [-0.2, -0.15) is 0 Å². The minimum Gasteiger partial charge on any atom is -1.00 e. The van der Waals surface area contributed by atoms with E-state index >= 15 is 0 Å². The summed E-state index contributed by atoms with van der Waals surface area (Å²) >= 11 is 0. The van der Waals surface area contributed by atoms with Gasteiger partial charge in [0.15, 0.2) is 0 Å². The lowest BCUT2D eigenvalue weighted by Crippen LogP contribution is -3.00. The summed E-state index contributed by atoms with van der Waals surface area (Å²) in [5.74, 6) is -0.270. The minimum atomic E-state index is -0.135. The standard InChI is InChI=1S/C22H18N4O2.ClH/c1-14(27)23-16-8-10-21-19(12-16)25-20-13-17(24-15(2)28)9-11-22(20)26(21)18-6-4-3-5-7-18;/h3-13H,1-2H3,(H-,23,24,25,27,28);1H. The number of aromatic nitrogens is 2. The zero-order chi connectivity index (χ0) is 19.7. The van der Waals surface area contributed by atoms with Crippen molar-refractivity contribution in [1.29, 1.82) is 0 Å². The fourth-order valence-corrected chi connectivity index (χ4v) is 3.28. The van der Waals surface area contributed by atoms with Gasteiger partial charge in [-0.05, 0) is 24.3 Å². The molecular weight excluding hydrogens is 388 g/mol. The molecule has 0 radical (unpaired) electrons. The van der Waals surface area contributed by atoms with Gasteiger partial charge in [-0.25, -0.2) is 4.98 Å². The Labute approximate surface area is 174 Å². The maximum atomic E-state index is 11.4. The van der Waals surface area contributed by atoms with Crippen LogP contribution in [0.5, 0.6) is 0 Å².